The van der Waals surface area contributed by atoms with Crippen molar-refractivity contribution in [2.75, 3.05) is 14.2 Å². The molecule has 0 aliphatic carbocycles. The zero-order valence-electron chi connectivity index (χ0n) is 12.5. The van der Waals surface area contributed by atoms with E-state index in [1.54, 1.807) is 6.07 Å². The maximum Gasteiger partial charge on any atom is 0.387 e. The maximum atomic E-state index is 12.3. The predicted molar refractivity (Wildman–Crippen MR) is 75.1 cm³/mol. The number of hydrogen-bond acceptors (Lipinski definition) is 6. The highest BCUT2D eigenvalue weighted by Crippen LogP contribution is 2.32. The van der Waals surface area contributed by atoms with Gasteiger partial charge in [-0.1, -0.05) is 5.16 Å². The molecule has 0 spiro atoms. The van der Waals surface area contributed by atoms with Gasteiger partial charge in [-0.15, -0.1) is 0 Å². The third kappa shape index (κ3) is 3.91. The lowest BCUT2D eigenvalue weighted by Crippen LogP contribution is -2.24. The summed E-state index contributed by atoms with van der Waals surface area (Å²) in [6.45, 7) is -0.923. The van der Waals surface area contributed by atoms with Crippen LogP contribution in [0, 0.1) is 0 Å². The number of likely N-dealkylation sites (N-methyl/N-ethyl adjacent to an activating group) is 1. The van der Waals surface area contributed by atoms with Gasteiger partial charge in [0.2, 0.25) is 0 Å². The fourth-order valence-corrected chi connectivity index (χ4v) is 1.82. The molecule has 8 heteroatoms. The standard InChI is InChI=1S/C14H17F2N3O3/c1-8(17-2)6-12-18-13(22-19-12)9-4-5-10(21-14(15)16)11(7-9)20-3/h4-5,7-8,14,17H,6H2,1-3H3. The summed E-state index contributed by atoms with van der Waals surface area (Å²) in [5, 5.41) is 6.97. The average molecular weight is 313 g/mol. The smallest absolute Gasteiger partial charge is 0.387 e. The Kier molecular flexibility index (Phi) is 5.26. The molecule has 1 atom stereocenters. The summed E-state index contributed by atoms with van der Waals surface area (Å²) in [7, 11) is 3.21. The molecule has 0 amide bonds. The number of benzene rings is 1. The van der Waals surface area contributed by atoms with Gasteiger partial charge in [-0.3, -0.25) is 0 Å². The first kappa shape index (κ1) is 16.2. The molecule has 0 aliphatic rings. The van der Waals surface area contributed by atoms with Crippen molar-refractivity contribution in [1.82, 2.24) is 15.5 Å². The summed E-state index contributed by atoms with van der Waals surface area (Å²) < 4.78 is 39.2. The third-order valence-electron chi connectivity index (χ3n) is 3.08. The van der Waals surface area contributed by atoms with Crippen LogP contribution in [0.2, 0.25) is 0 Å². The number of halogens is 2. The molecule has 1 aromatic carbocycles. The van der Waals surface area contributed by atoms with E-state index in [9.17, 15) is 8.78 Å². The number of methoxy groups -OCH3 is 1. The Balaban J connectivity index is 2.22. The molecule has 120 valence electrons. The summed E-state index contributed by atoms with van der Waals surface area (Å²) in [4.78, 5) is 4.27. The number of nitrogens with zero attached hydrogens (tertiary/aromatic N) is 2. The minimum atomic E-state index is -2.92. The van der Waals surface area contributed by atoms with E-state index in [0.717, 1.165) is 0 Å². The molecule has 2 aromatic rings. The fourth-order valence-electron chi connectivity index (χ4n) is 1.82. The molecule has 0 saturated carbocycles. The van der Waals surface area contributed by atoms with E-state index in [-0.39, 0.29) is 17.5 Å². The van der Waals surface area contributed by atoms with E-state index in [2.05, 4.69) is 20.2 Å². The molecule has 0 bridgehead atoms. The fraction of sp³-hybridized carbons (Fsp3) is 0.429. The molecule has 0 saturated heterocycles. The SMILES string of the molecule is CNC(C)Cc1noc(-c2ccc(OC(F)F)c(OC)c2)n1. The Morgan fingerprint density at radius 1 is 1.32 bits per heavy atom. The maximum absolute atomic E-state index is 12.3. The Morgan fingerprint density at radius 2 is 2.09 bits per heavy atom. The van der Waals surface area contributed by atoms with Crippen LogP contribution in [0.15, 0.2) is 22.7 Å². The number of nitrogens with one attached hydrogen (secondary N) is 1. The Morgan fingerprint density at radius 3 is 2.73 bits per heavy atom. The zero-order chi connectivity index (χ0) is 16.1. The van der Waals surface area contributed by atoms with E-state index in [1.807, 2.05) is 14.0 Å². The lowest BCUT2D eigenvalue weighted by Gasteiger charge is -2.10. The highest BCUT2D eigenvalue weighted by Gasteiger charge is 2.15. The molecule has 1 unspecified atom stereocenters. The van der Waals surface area contributed by atoms with Crippen LogP contribution in [-0.4, -0.2) is 37.0 Å². The second kappa shape index (κ2) is 7.17. The van der Waals surface area contributed by atoms with E-state index in [4.69, 9.17) is 9.26 Å². The predicted octanol–water partition coefficient (Wildman–Crippen LogP) is 2.50. The summed E-state index contributed by atoms with van der Waals surface area (Å²) in [5.41, 5.74) is 0.564. The number of hydrogen-bond donors (Lipinski definition) is 1. The van der Waals surface area contributed by atoms with Gasteiger partial charge in [0.05, 0.1) is 7.11 Å². The molecule has 0 aliphatic heterocycles. The van der Waals surface area contributed by atoms with Gasteiger partial charge in [0.15, 0.2) is 17.3 Å². The van der Waals surface area contributed by atoms with Crippen molar-refractivity contribution < 1.29 is 22.8 Å². The minimum Gasteiger partial charge on any atom is -0.493 e. The van der Waals surface area contributed by atoms with Crippen LogP contribution in [0.3, 0.4) is 0 Å². The van der Waals surface area contributed by atoms with Crippen molar-refractivity contribution in [3.05, 3.63) is 24.0 Å². The van der Waals surface area contributed by atoms with Crippen LogP contribution >= 0.6 is 0 Å². The average Bonchev–Trinajstić information content (AvgIpc) is 2.95. The monoisotopic (exact) mass is 313 g/mol. The van der Waals surface area contributed by atoms with Gasteiger partial charge in [0.25, 0.3) is 5.89 Å². The first-order chi connectivity index (χ1) is 10.5. The summed E-state index contributed by atoms with van der Waals surface area (Å²) in [6.07, 6.45) is 0.615. The highest BCUT2D eigenvalue weighted by molar-refractivity contribution is 5.59. The second-order valence-electron chi connectivity index (χ2n) is 4.65. The van der Waals surface area contributed by atoms with E-state index < -0.39 is 6.61 Å². The largest absolute Gasteiger partial charge is 0.493 e. The normalized spacial score (nSPS) is 12.5. The summed E-state index contributed by atoms with van der Waals surface area (Å²) in [6, 6.07) is 4.65. The molecular weight excluding hydrogens is 296 g/mol. The van der Waals surface area contributed by atoms with Crippen molar-refractivity contribution in [2.24, 2.45) is 0 Å². The Labute approximate surface area is 126 Å². The molecule has 0 radical (unpaired) electrons. The van der Waals surface area contributed by atoms with Gasteiger partial charge in [-0.2, -0.15) is 13.8 Å². The molecule has 6 nitrogen and oxygen atoms in total. The summed E-state index contributed by atoms with van der Waals surface area (Å²) in [5.74, 6) is 0.967. The van der Waals surface area contributed by atoms with Gasteiger partial charge in [0.1, 0.15) is 0 Å². The van der Waals surface area contributed by atoms with Crippen molar-refractivity contribution in [3.63, 3.8) is 0 Å². The lowest BCUT2D eigenvalue weighted by molar-refractivity contribution is -0.0512. The van der Waals surface area contributed by atoms with Gasteiger partial charge >= 0.3 is 6.61 Å². The zero-order valence-corrected chi connectivity index (χ0v) is 12.5. The van der Waals surface area contributed by atoms with Crippen LogP contribution in [-0.2, 0) is 6.42 Å². The molecule has 1 aromatic heterocycles. The highest BCUT2D eigenvalue weighted by atomic mass is 19.3. The van der Waals surface area contributed by atoms with Crippen molar-refractivity contribution in [2.45, 2.75) is 26.0 Å². The first-order valence-corrected chi connectivity index (χ1v) is 6.66. The van der Waals surface area contributed by atoms with Gasteiger partial charge < -0.3 is 19.3 Å². The number of aromatic nitrogens is 2. The first-order valence-electron chi connectivity index (χ1n) is 6.66. The molecule has 1 heterocycles. The number of alkyl halides is 2. The quantitative estimate of drug-likeness (QED) is 0.847. The van der Waals surface area contributed by atoms with E-state index >= 15 is 0 Å². The lowest BCUT2D eigenvalue weighted by atomic mass is 10.2. The molecular formula is C14H17F2N3O3. The molecule has 0 fully saturated rings. The second-order valence-corrected chi connectivity index (χ2v) is 4.65. The summed E-state index contributed by atoms with van der Waals surface area (Å²) >= 11 is 0. The van der Waals surface area contributed by atoms with Gasteiger partial charge in [-0.25, -0.2) is 0 Å². The van der Waals surface area contributed by atoms with Crippen LogP contribution < -0.4 is 14.8 Å². The van der Waals surface area contributed by atoms with Crippen LogP contribution in [0.1, 0.15) is 12.7 Å². The van der Waals surface area contributed by atoms with Crippen molar-refractivity contribution in [1.29, 1.82) is 0 Å². The Bertz CT molecular complexity index is 619. The molecule has 1 N–H and O–H groups in total. The van der Waals surface area contributed by atoms with Crippen LogP contribution in [0.5, 0.6) is 11.5 Å². The minimum absolute atomic E-state index is 0.0511. The van der Waals surface area contributed by atoms with Gasteiger partial charge in [-0.05, 0) is 32.2 Å². The van der Waals surface area contributed by atoms with Gasteiger partial charge in [0, 0.05) is 18.0 Å². The Hall–Kier alpha value is -2.22. The molecule has 22 heavy (non-hydrogen) atoms. The topological polar surface area (TPSA) is 69.4 Å². The van der Waals surface area contributed by atoms with Crippen LogP contribution in [0.25, 0.3) is 11.5 Å². The van der Waals surface area contributed by atoms with Crippen molar-refractivity contribution >= 4 is 0 Å². The number of ether oxygens (including phenoxy) is 2. The van der Waals surface area contributed by atoms with E-state index in [0.29, 0.717) is 23.7 Å². The third-order valence-corrected chi connectivity index (χ3v) is 3.08. The molecule has 2 rings (SSSR count). The van der Waals surface area contributed by atoms with Crippen LogP contribution in [0.4, 0.5) is 8.78 Å². The van der Waals surface area contributed by atoms with Crippen molar-refractivity contribution in [3.8, 4) is 23.0 Å². The van der Waals surface area contributed by atoms with E-state index in [1.165, 1.54) is 19.2 Å². The number of rotatable bonds is 7.